The summed E-state index contributed by atoms with van der Waals surface area (Å²) in [7, 11) is 0. The van der Waals surface area contributed by atoms with Gasteiger partial charge in [0, 0.05) is 12.6 Å². The Morgan fingerprint density at radius 1 is 1.14 bits per heavy atom. The Bertz CT molecular complexity index is 640. The second kappa shape index (κ2) is 10.3. The average molecular weight is 402 g/mol. The molecular weight excluding hydrogens is 377 g/mol. The van der Waals surface area contributed by atoms with E-state index in [9.17, 15) is 22.8 Å². The van der Waals surface area contributed by atoms with Crippen molar-refractivity contribution in [1.82, 2.24) is 10.2 Å². The van der Waals surface area contributed by atoms with Crippen molar-refractivity contribution < 1.29 is 32.2 Å². The molecule has 1 fully saturated rings. The number of ether oxygens (including phenoxy) is 2. The molecule has 1 aliphatic heterocycles. The molecule has 1 N–H and O–H groups in total. The molecule has 156 valence electrons. The van der Waals surface area contributed by atoms with Crippen LogP contribution in [0.25, 0.3) is 0 Å². The zero-order valence-corrected chi connectivity index (χ0v) is 15.7. The van der Waals surface area contributed by atoms with Crippen LogP contribution in [0.2, 0.25) is 0 Å². The van der Waals surface area contributed by atoms with Gasteiger partial charge in [0.15, 0.2) is 0 Å². The number of likely N-dealkylation sites (tertiary alicyclic amines) is 1. The van der Waals surface area contributed by atoms with Crippen LogP contribution in [-0.4, -0.2) is 55.4 Å². The predicted octanol–water partition coefficient (Wildman–Crippen LogP) is 3.12. The number of halogens is 3. The summed E-state index contributed by atoms with van der Waals surface area (Å²) in [5.41, 5.74) is 0.803. The van der Waals surface area contributed by atoms with Crippen LogP contribution in [0, 0.1) is 5.92 Å². The molecule has 28 heavy (non-hydrogen) atoms. The summed E-state index contributed by atoms with van der Waals surface area (Å²) in [4.78, 5) is 25.7. The molecule has 1 heterocycles. The molecule has 0 aliphatic carbocycles. The molecule has 0 bridgehead atoms. The smallest absolute Gasteiger partial charge is 0.407 e. The second-order valence-corrected chi connectivity index (χ2v) is 6.64. The number of nitrogens with one attached hydrogen (secondary N) is 1. The number of benzene rings is 1. The van der Waals surface area contributed by atoms with Crippen LogP contribution >= 0.6 is 0 Å². The van der Waals surface area contributed by atoms with Crippen molar-refractivity contribution in [2.24, 2.45) is 5.92 Å². The van der Waals surface area contributed by atoms with Gasteiger partial charge < -0.3 is 14.8 Å². The summed E-state index contributed by atoms with van der Waals surface area (Å²) >= 11 is 0. The highest BCUT2D eigenvalue weighted by Gasteiger charge is 2.37. The molecule has 0 unspecified atom stereocenters. The van der Waals surface area contributed by atoms with Gasteiger partial charge in [0.25, 0.3) is 0 Å². The first kappa shape index (κ1) is 22.0. The van der Waals surface area contributed by atoms with Gasteiger partial charge in [0.2, 0.25) is 0 Å². The Morgan fingerprint density at radius 2 is 1.82 bits per heavy atom. The van der Waals surface area contributed by atoms with Gasteiger partial charge in [-0.05, 0) is 31.9 Å². The van der Waals surface area contributed by atoms with Gasteiger partial charge in [0.1, 0.15) is 6.61 Å². The number of rotatable bonds is 6. The molecule has 0 radical (unpaired) electrons. The quantitative estimate of drug-likeness (QED) is 0.741. The van der Waals surface area contributed by atoms with E-state index in [0.717, 1.165) is 5.56 Å². The Hall–Kier alpha value is -2.29. The fourth-order valence-corrected chi connectivity index (χ4v) is 3.19. The molecule has 0 spiro atoms. The summed E-state index contributed by atoms with van der Waals surface area (Å²) in [6, 6.07) is 8.42. The van der Waals surface area contributed by atoms with Gasteiger partial charge >= 0.3 is 18.2 Å². The van der Waals surface area contributed by atoms with Crippen LogP contribution in [0.3, 0.4) is 0 Å². The Morgan fingerprint density at radius 3 is 2.46 bits per heavy atom. The molecule has 2 atom stereocenters. The van der Waals surface area contributed by atoms with Crippen molar-refractivity contribution in [2.45, 2.75) is 38.6 Å². The number of hydrogen-bond acceptors (Lipinski definition) is 5. The number of carbonyl (C=O) groups excluding carboxylic acids is 2. The van der Waals surface area contributed by atoms with Crippen LogP contribution in [0.1, 0.15) is 25.3 Å². The summed E-state index contributed by atoms with van der Waals surface area (Å²) in [6.45, 7) is 1.03. The first-order valence-corrected chi connectivity index (χ1v) is 9.21. The van der Waals surface area contributed by atoms with Crippen LogP contribution < -0.4 is 5.32 Å². The van der Waals surface area contributed by atoms with Crippen molar-refractivity contribution in [2.75, 3.05) is 26.2 Å². The first-order chi connectivity index (χ1) is 13.3. The number of alkyl carbamates (subject to hydrolysis) is 1. The van der Waals surface area contributed by atoms with E-state index in [1.165, 1.54) is 4.90 Å². The molecule has 1 amide bonds. The number of nitrogens with zero attached hydrogens (tertiary/aromatic N) is 1. The Labute approximate surface area is 162 Å². The van der Waals surface area contributed by atoms with Crippen LogP contribution in [0.15, 0.2) is 30.3 Å². The predicted molar refractivity (Wildman–Crippen MR) is 95.4 cm³/mol. The molecule has 0 aromatic heterocycles. The van der Waals surface area contributed by atoms with Gasteiger partial charge in [-0.1, -0.05) is 30.3 Å². The van der Waals surface area contributed by atoms with Crippen molar-refractivity contribution in [3.63, 3.8) is 0 Å². The lowest BCUT2D eigenvalue weighted by Gasteiger charge is -2.23. The molecule has 0 saturated carbocycles. The van der Waals surface area contributed by atoms with Gasteiger partial charge in [-0.25, -0.2) is 4.79 Å². The molecule has 9 heteroatoms. The summed E-state index contributed by atoms with van der Waals surface area (Å²) in [5.74, 6) is -1.24. The topological polar surface area (TPSA) is 67.9 Å². The standard InChI is InChI=1S/C19H25F3N2O4/c1-2-27-17(25)15-8-10-24(13-19(20,21)22)11-9-16(15)23-18(26)28-12-14-6-4-3-5-7-14/h3-7,15-16H,2,8-13H2,1H3,(H,23,26)/t15-,16-/m0/s1. The monoisotopic (exact) mass is 402 g/mol. The van der Waals surface area contributed by atoms with E-state index in [4.69, 9.17) is 9.47 Å². The summed E-state index contributed by atoms with van der Waals surface area (Å²) in [5, 5.41) is 2.63. The number of esters is 1. The van der Waals surface area contributed by atoms with Crippen molar-refractivity contribution >= 4 is 12.1 Å². The van der Waals surface area contributed by atoms with Crippen LogP contribution in [0.4, 0.5) is 18.0 Å². The van der Waals surface area contributed by atoms with Crippen molar-refractivity contribution in [3.05, 3.63) is 35.9 Å². The van der Waals surface area contributed by atoms with Gasteiger partial charge in [-0.3, -0.25) is 9.69 Å². The third-order valence-electron chi connectivity index (χ3n) is 4.51. The van der Waals surface area contributed by atoms with Crippen LogP contribution in [0.5, 0.6) is 0 Å². The second-order valence-electron chi connectivity index (χ2n) is 6.64. The van der Waals surface area contributed by atoms with Gasteiger partial charge in [-0.15, -0.1) is 0 Å². The maximum Gasteiger partial charge on any atom is 0.407 e. The SMILES string of the molecule is CCOC(=O)[C@H]1CCN(CC(F)(F)F)CC[C@@H]1NC(=O)OCc1ccccc1. The molecule has 2 rings (SSSR count). The minimum Gasteiger partial charge on any atom is -0.466 e. The number of alkyl halides is 3. The number of carbonyl (C=O) groups is 2. The molecule has 6 nitrogen and oxygen atoms in total. The zero-order valence-electron chi connectivity index (χ0n) is 15.7. The molecule has 1 aromatic rings. The van der Waals surface area contributed by atoms with Crippen molar-refractivity contribution in [3.8, 4) is 0 Å². The molecular formula is C19H25F3N2O4. The highest BCUT2D eigenvalue weighted by Crippen LogP contribution is 2.24. The third kappa shape index (κ3) is 7.38. The Balaban J connectivity index is 1.98. The van der Waals surface area contributed by atoms with E-state index in [0.29, 0.717) is 0 Å². The largest absolute Gasteiger partial charge is 0.466 e. The fourth-order valence-electron chi connectivity index (χ4n) is 3.19. The lowest BCUT2D eigenvalue weighted by molar-refractivity contribution is -0.149. The van der Waals surface area contributed by atoms with E-state index >= 15 is 0 Å². The van der Waals surface area contributed by atoms with Crippen LogP contribution in [-0.2, 0) is 20.9 Å². The van der Waals surface area contributed by atoms with Crippen molar-refractivity contribution in [1.29, 1.82) is 0 Å². The highest BCUT2D eigenvalue weighted by atomic mass is 19.4. The first-order valence-electron chi connectivity index (χ1n) is 9.21. The minimum atomic E-state index is -4.32. The van der Waals surface area contributed by atoms with E-state index in [-0.39, 0.29) is 39.1 Å². The van der Waals surface area contributed by atoms with E-state index in [1.54, 1.807) is 19.1 Å². The molecule has 1 aromatic carbocycles. The van der Waals surface area contributed by atoms with Gasteiger partial charge in [-0.2, -0.15) is 13.2 Å². The zero-order chi connectivity index (χ0) is 20.6. The highest BCUT2D eigenvalue weighted by molar-refractivity contribution is 5.75. The minimum absolute atomic E-state index is 0.0592. The summed E-state index contributed by atoms with van der Waals surface area (Å²) < 4.78 is 48.3. The van der Waals surface area contributed by atoms with E-state index in [2.05, 4.69) is 5.32 Å². The maximum atomic E-state index is 12.7. The van der Waals surface area contributed by atoms with E-state index in [1.807, 2.05) is 18.2 Å². The Kier molecular flexibility index (Phi) is 8.10. The summed E-state index contributed by atoms with van der Waals surface area (Å²) in [6.07, 6.45) is -4.67. The normalized spacial score (nSPS) is 20.9. The third-order valence-corrected chi connectivity index (χ3v) is 4.51. The number of hydrogen-bond donors (Lipinski definition) is 1. The maximum absolute atomic E-state index is 12.7. The average Bonchev–Trinajstić information content (AvgIpc) is 2.82. The lowest BCUT2D eigenvalue weighted by Crippen LogP contribution is -2.44. The molecule has 1 aliphatic rings. The van der Waals surface area contributed by atoms with E-state index < -0.39 is 36.7 Å². The lowest BCUT2D eigenvalue weighted by atomic mass is 9.95. The molecule has 1 saturated heterocycles. The van der Waals surface area contributed by atoms with Gasteiger partial charge in [0.05, 0.1) is 19.1 Å². The number of amides is 1. The fraction of sp³-hybridized carbons (Fsp3) is 0.579.